The molecule has 10 aromatic carbocycles. The van der Waals surface area contributed by atoms with Crippen molar-refractivity contribution in [1.29, 1.82) is 0 Å². The Morgan fingerprint density at radius 2 is 0.959 bits per heavy atom. The molecule has 0 spiro atoms. The predicted octanol–water partition coefficient (Wildman–Crippen LogP) is 17.8. The molecule has 0 fully saturated rings. The van der Waals surface area contributed by atoms with Crippen LogP contribution >= 0.6 is 11.3 Å². The van der Waals surface area contributed by atoms with Crippen molar-refractivity contribution in [1.82, 2.24) is 0 Å². The molecule has 0 saturated carbocycles. The van der Waals surface area contributed by atoms with E-state index >= 15 is 0 Å². The van der Waals surface area contributed by atoms with Crippen molar-refractivity contribution in [3.8, 4) is 11.1 Å². The number of hydrogen-bond donors (Lipinski definition) is 0. The minimum atomic E-state index is -0.0537. The molecule has 2 aromatic heterocycles. The predicted molar refractivity (Wildman–Crippen MR) is 318 cm³/mol. The van der Waals surface area contributed by atoms with E-state index in [-0.39, 0.29) is 17.5 Å². The first-order chi connectivity index (χ1) is 35.9. The zero-order chi connectivity index (χ0) is 50.0. The maximum Gasteiger partial charge on any atom is 0.252 e. The van der Waals surface area contributed by atoms with Crippen LogP contribution in [0, 0.1) is 0 Å². The lowest BCUT2D eigenvalue weighted by molar-refractivity contribution is 0.590. The van der Waals surface area contributed by atoms with Crippen molar-refractivity contribution in [2.75, 3.05) is 14.7 Å². The van der Waals surface area contributed by atoms with Gasteiger partial charge in [0, 0.05) is 76.7 Å². The average Bonchev–Trinajstić information content (AvgIpc) is 3.98. The Kier molecular flexibility index (Phi) is 9.96. The lowest BCUT2D eigenvalue weighted by Gasteiger charge is -2.44. The van der Waals surface area contributed by atoms with Crippen LogP contribution in [0.3, 0.4) is 0 Å². The highest BCUT2D eigenvalue weighted by Gasteiger charge is 2.44. The number of nitrogens with zero attached hydrogens (tertiary/aromatic N) is 3. The van der Waals surface area contributed by atoms with E-state index in [0.29, 0.717) is 0 Å². The molecule has 74 heavy (non-hydrogen) atoms. The summed E-state index contributed by atoms with van der Waals surface area (Å²) in [6, 6.07) is 81.4. The van der Waals surface area contributed by atoms with Gasteiger partial charge in [-0.2, -0.15) is 0 Å². The van der Waals surface area contributed by atoms with Gasteiger partial charge in [0.1, 0.15) is 11.2 Å². The zero-order valence-corrected chi connectivity index (χ0v) is 43.3. The Labute approximate surface area is 437 Å². The van der Waals surface area contributed by atoms with Gasteiger partial charge >= 0.3 is 0 Å². The lowest BCUT2D eigenvalue weighted by Crippen LogP contribution is -2.61. The number of benzene rings is 10. The third kappa shape index (κ3) is 7.10. The summed E-state index contributed by atoms with van der Waals surface area (Å²) in [5.41, 5.74) is 20.9. The summed E-state index contributed by atoms with van der Waals surface area (Å²) < 4.78 is 9.02. The van der Waals surface area contributed by atoms with Crippen molar-refractivity contribution in [2.45, 2.75) is 52.4 Å². The Balaban J connectivity index is 1.04. The van der Waals surface area contributed by atoms with Crippen LogP contribution in [0.5, 0.6) is 0 Å². The second-order valence-electron chi connectivity index (χ2n) is 22.2. The SMILES string of the molecule is CC(C)(C)c1ccc(N2c3cc(N(c4cccc(-c5ccccc5)c4)c4ccc5oc6ccccc6c5c4)ccc3B3c4cc5c(cc4N(c4ccc(C(C)(C)C)cc4)c4cccc2c43)sc2ccccc25)cc1. The van der Waals surface area contributed by atoms with Gasteiger partial charge in [-0.3, -0.25) is 0 Å². The highest BCUT2D eigenvalue weighted by molar-refractivity contribution is 7.26. The largest absolute Gasteiger partial charge is 0.456 e. The minimum absolute atomic E-state index is 0.00261. The van der Waals surface area contributed by atoms with Crippen LogP contribution < -0.4 is 31.1 Å². The van der Waals surface area contributed by atoms with Crippen LogP contribution in [-0.2, 0) is 10.8 Å². The van der Waals surface area contributed by atoms with Crippen LogP contribution in [0.15, 0.2) is 223 Å². The van der Waals surface area contributed by atoms with Gasteiger partial charge in [0.2, 0.25) is 0 Å². The number of rotatable bonds is 6. The molecule has 0 atom stereocenters. The standard InChI is InChI=1S/C68H54BN3OS/c1-67(2,3)45-26-30-47(31-27-45)71-58-22-15-23-59-66(58)69(57-41-55-53-21-11-13-25-64(53)74-65(55)42-61(57)72(59)48-32-28-46(29-33-48)68(4,5)6)56-36-34-51(40-60(56)71)70(49-19-14-18-44(38-49)43-16-8-7-9-17-43)50-35-37-63-54(39-50)52-20-10-12-24-62(52)73-63/h7-42H,1-6H3. The summed E-state index contributed by atoms with van der Waals surface area (Å²) in [4.78, 5) is 7.51. The van der Waals surface area contributed by atoms with E-state index in [1.165, 1.54) is 70.3 Å². The van der Waals surface area contributed by atoms with Gasteiger partial charge in [0.15, 0.2) is 0 Å². The molecule has 0 saturated heterocycles. The van der Waals surface area contributed by atoms with Gasteiger partial charge in [-0.1, -0.05) is 163 Å². The van der Waals surface area contributed by atoms with Gasteiger partial charge in [0.05, 0.1) is 0 Å². The molecule has 0 bridgehead atoms. The number of anilines is 9. The van der Waals surface area contributed by atoms with Crippen LogP contribution in [0.4, 0.5) is 51.2 Å². The summed E-state index contributed by atoms with van der Waals surface area (Å²) in [5.74, 6) is 0. The number of para-hydroxylation sites is 1. The zero-order valence-electron chi connectivity index (χ0n) is 42.5. The van der Waals surface area contributed by atoms with Gasteiger partial charge in [-0.25, -0.2) is 0 Å². The molecule has 0 aliphatic carbocycles. The normalized spacial score (nSPS) is 13.2. The van der Waals surface area contributed by atoms with Crippen molar-refractivity contribution < 1.29 is 4.42 Å². The average molecular weight is 972 g/mol. The molecular formula is C68H54BN3OS. The molecule has 0 radical (unpaired) electrons. The molecule has 4 heterocycles. The minimum Gasteiger partial charge on any atom is -0.456 e. The molecule has 0 N–H and O–H groups in total. The molecule has 2 aliphatic heterocycles. The summed E-state index contributed by atoms with van der Waals surface area (Å²) in [5, 5.41) is 4.80. The number of thiophene rings is 1. The molecule has 0 unspecified atom stereocenters. The topological polar surface area (TPSA) is 22.9 Å². The lowest BCUT2D eigenvalue weighted by atomic mass is 9.33. The Morgan fingerprint density at radius 1 is 0.392 bits per heavy atom. The third-order valence-corrected chi connectivity index (χ3v) is 16.7. The highest BCUT2D eigenvalue weighted by atomic mass is 32.1. The van der Waals surface area contributed by atoms with Gasteiger partial charge in [0.25, 0.3) is 6.71 Å². The monoisotopic (exact) mass is 971 g/mol. The van der Waals surface area contributed by atoms with E-state index in [1.807, 2.05) is 17.4 Å². The van der Waals surface area contributed by atoms with Crippen LogP contribution in [0.25, 0.3) is 53.2 Å². The number of furan rings is 1. The van der Waals surface area contributed by atoms with E-state index in [0.717, 1.165) is 61.6 Å². The van der Waals surface area contributed by atoms with E-state index in [1.54, 1.807) is 0 Å². The first kappa shape index (κ1) is 44.4. The molecule has 2 aliphatic rings. The molecule has 14 rings (SSSR count). The van der Waals surface area contributed by atoms with E-state index < -0.39 is 0 Å². The molecule has 0 amide bonds. The van der Waals surface area contributed by atoms with Crippen LogP contribution in [-0.4, -0.2) is 6.71 Å². The second-order valence-corrected chi connectivity index (χ2v) is 23.3. The van der Waals surface area contributed by atoms with Gasteiger partial charge in [-0.15, -0.1) is 11.3 Å². The summed E-state index contributed by atoms with van der Waals surface area (Å²) in [6.45, 7) is 13.7. The van der Waals surface area contributed by atoms with Crippen molar-refractivity contribution in [3.63, 3.8) is 0 Å². The summed E-state index contributed by atoms with van der Waals surface area (Å²) in [7, 11) is 0. The van der Waals surface area contributed by atoms with Gasteiger partial charge < -0.3 is 19.1 Å². The first-order valence-electron chi connectivity index (χ1n) is 25.8. The van der Waals surface area contributed by atoms with E-state index in [4.69, 9.17) is 4.42 Å². The van der Waals surface area contributed by atoms with Crippen molar-refractivity contribution in [3.05, 3.63) is 230 Å². The maximum atomic E-state index is 6.42. The Morgan fingerprint density at radius 3 is 1.66 bits per heavy atom. The van der Waals surface area contributed by atoms with Gasteiger partial charge in [-0.05, 0) is 152 Å². The fourth-order valence-corrected chi connectivity index (χ4v) is 12.9. The smallest absolute Gasteiger partial charge is 0.252 e. The van der Waals surface area contributed by atoms with Crippen LogP contribution in [0.1, 0.15) is 52.7 Å². The maximum absolute atomic E-state index is 6.42. The molecule has 12 aromatic rings. The highest BCUT2D eigenvalue weighted by Crippen LogP contribution is 2.49. The summed E-state index contributed by atoms with van der Waals surface area (Å²) >= 11 is 1.89. The third-order valence-electron chi connectivity index (χ3n) is 15.5. The molecule has 6 heteroatoms. The fraction of sp³-hybridized carbons (Fsp3) is 0.118. The first-order valence-corrected chi connectivity index (χ1v) is 26.7. The number of hydrogen-bond acceptors (Lipinski definition) is 5. The molecule has 356 valence electrons. The van der Waals surface area contributed by atoms with E-state index in [2.05, 4.69) is 269 Å². The summed E-state index contributed by atoms with van der Waals surface area (Å²) in [6.07, 6.45) is 0. The van der Waals surface area contributed by atoms with Crippen molar-refractivity contribution >= 4 is 128 Å². The Hall–Kier alpha value is -8.32. The van der Waals surface area contributed by atoms with Crippen LogP contribution in [0.2, 0.25) is 0 Å². The molecular weight excluding hydrogens is 918 g/mol. The van der Waals surface area contributed by atoms with E-state index in [9.17, 15) is 0 Å². The van der Waals surface area contributed by atoms with Crippen molar-refractivity contribution in [2.24, 2.45) is 0 Å². The number of fused-ring (bicyclic) bond motifs is 10. The molecule has 4 nitrogen and oxygen atoms in total. The Bertz CT molecular complexity index is 4180. The quantitative estimate of drug-likeness (QED) is 0.155. The fourth-order valence-electron chi connectivity index (χ4n) is 11.8. The second kappa shape index (κ2) is 16.6.